The largest absolute Gasteiger partial charge is 0.368 e. The summed E-state index contributed by atoms with van der Waals surface area (Å²) in [4.78, 5) is 29.0. The van der Waals surface area contributed by atoms with Crippen LogP contribution in [0.1, 0.15) is 60.4 Å². The summed E-state index contributed by atoms with van der Waals surface area (Å²) in [6.07, 6.45) is 7.73. The fourth-order valence-corrected chi connectivity index (χ4v) is 5.81. The molecule has 39 heavy (non-hydrogen) atoms. The molecule has 4 aromatic rings. The third-order valence-electron chi connectivity index (χ3n) is 7.27. The number of hydrogen-bond acceptors (Lipinski definition) is 8. The summed E-state index contributed by atoms with van der Waals surface area (Å²) in [6, 6.07) is 8.69. The molecule has 1 fully saturated rings. The minimum atomic E-state index is 0.0321. The number of aryl methyl sites for hydroxylation is 1. The van der Waals surface area contributed by atoms with Gasteiger partial charge >= 0.3 is 0 Å². The number of nitrogens with zero attached hydrogens (tertiary/aromatic N) is 7. The maximum Gasteiger partial charge on any atom is 0.177 e. The Morgan fingerprint density at radius 1 is 1.05 bits per heavy atom. The zero-order chi connectivity index (χ0) is 27.7. The second kappa shape index (κ2) is 11.0. The van der Waals surface area contributed by atoms with E-state index in [4.69, 9.17) is 0 Å². The van der Waals surface area contributed by atoms with Crippen LogP contribution >= 0.6 is 11.3 Å². The van der Waals surface area contributed by atoms with Crippen molar-refractivity contribution in [2.45, 2.75) is 59.4 Å². The number of anilines is 1. The van der Waals surface area contributed by atoms with E-state index in [9.17, 15) is 4.79 Å². The molecule has 0 saturated carbocycles. The number of piperazine rings is 1. The summed E-state index contributed by atoms with van der Waals surface area (Å²) in [5, 5.41) is 8.84. The highest BCUT2D eigenvalue weighted by molar-refractivity contribution is 7.14. The third kappa shape index (κ3) is 6.09. The fraction of sp³-hybridized carbons (Fsp3) is 0.433. The van der Waals surface area contributed by atoms with Crippen LogP contribution in [0.25, 0.3) is 16.9 Å². The highest BCUT2D eigenvalue weighted by Gasteiger charge is 2.21. The molecule has 204 valence electrons. The van der Waals surface area contributed by atoms with E-state index in [1.54, 1.807) is 22.2 Å². The molecule has 1 aliphatic heterocycles. The first-order valence-electron chi connectivity index (χ1n) is 13.5. The van der Waals surface area contributed by atoms with E-state index in [-0.39, 0.29) is 11.2 Å². The molecule has 0 N–H and O–H groups in total. The van der Waals surface area contributed by atoms with Gasteiger partial charge in [-0.25, -0.2) is 4.68 Å². The number of aromatic nitrogens is 5. The number of hydrogen-bond donors (Lipinski definition) is 0. The quantitative estimate of drug-likeness (QED) is 0.291. The first-order valence-corrected chi connectivity index (χ1v) is 14.4. The third-order valence-corrected chi connectivity index (χ3v) is 8.82. The lowest BCUT2D eigenvalue weighted by Crippen LogP contribution is -2.48. The van der Waals surface area contributed by atoms with Gasteiger partial charge in [-0.05, 0) is 56.0 Å². The van der Waals surface area contributed by atoms with Gasteiger partial charge in [0.1, 0.15) is 5.69 Å². The summed E-state index contributed by atoms with van der Waals surface area (Å²) >= 11 is 1.58. The second-order valence-electron chi connectivity index (χ2n) is 11.6. The molecule has 0 radical (unpaired) electrons. The van der Waals surface area contributed by atoms with Crippen molar-refractivity contribution in [3.63, 3.8) is 0 Å². The highest BCUT2D eigenvalue weighted by atomic mass is 32.1. The molecule has 5 heterocycles. The van der Waals surface area contributed by atoms with E-state index < -0.39 is 0 Å². The van der Waals surface area contributed by atoms with E-state index in [0.29, 0.717) is 12.5 Å². The average Bonchev–Trinajstić information content (AvgIpc) is 3.61. The number of pyridine rings is 2. The Morgan fingerprint density at radius 2 is 1.82 bits per heavy atom. The molecule has 0 unspecified atom stereocenters. The number of ketones is 1. The summed E-state index contributed by atoms with van der Waals surface area (Å²) in [6.45, 7) is 17.0. The standard InChI is InChI=1S/C30H37N7OS/c1-20(2)35-9-11-36(12-10-35)24-15-23(17-31-18-24)25-19-37(34-33-25)26-13-22(16-32-21(26)3)14-27(38)28-7-8-29(39-28)30(4,5)6/h7-8,13,15-20H,9-12,14H2,1-6H3. The van der Waals surface area contributed by atoms with Crippen LogP contribution in [0.3, 0.4) is 0 Å². The van der Waals surface area contributed by atoms with Crippen LogP contribution in [0.15, 0.2) is 49.1 Å². The number of carbonyl (C=O) groups excluding carboxylic acids is 1. The van der Waals surface area contributed by atoms with Crippen LogP contribution in [0.4, 0.5) is 5.69 Å². The van der Waals surface area contributed by atoms with Gasteiger partial charge in [0.2, 0.25) is 0 Å². The highest BCUT2D eigenvalue weighted by Crippen LogP contribution is 2.30. The lowest BCUT2D eigenvalue weighted by atomic mass is 9.95. The van der Waals surface area contributed by atoms with Crippen LogP contribution in [0, 0.1) is 6.92 Å². The number of rotatable bonds is 7. The first-order chi connectivity index (χ1) is 18.6. The van der Waals surface area contributed by atoms with Gasteiger partial charge in [0.25, 0.3) is 0 Å². The predicted octanol–water partition coefficient (Wildman–Crippen LogP) is 5.35. The molecule has 0 atom stereocenters. The first kappa shape index (κ1) is 27.1. The molecule has 0 aliphatic carbocycles. The number of carbonyl (C=O) groups is 1. The number of Topliss-reactive ketones (excluding diaryl/α,β-unsaturated/α-hetero) is 1. The minimum absolute atomic E-state index is 0.0321. The van der Waals surface area contributed by atoms with Crippen molar-refractivity contribution in [3.05, 3.63) is 70.1 Å². The van der Waals surface area contributed by atoms with Crippen LogP contribution in [0.2, 0.25) is 0 Å². The zero-order valence-electron chi connectivity index (χ0n) is 23.7. The molecular weight excluding hydrogens is 506 g/mol. The van der Waals surface area contributed by atoms with Crippen molar-refractivity contribution >= 4 is 22.8 Å². The fourth-order valence-electron chi connectivity index (χ4n) is 4.81. The van der Waals surface area contributed by atoms with Gasteiger partial charge in [-0.1, -0.05) is 26.0 Å². The Bertz CT molecular complexity index is 1460. The van der Waals surface area contributed by atoms with Gasteiger partial charge in [-0.3, -0.25) is 19.7 Å². The Morgan fingerprint density at radius 3 is 2.51 bits per heavy atom. The van der Waals surface area contributed by atoms with Gasteiger partial charge in [0.15, 0.2) is 5.78 Å². The summed E-state index contributed by atoms with van der Waals surface area (Å²) in [5.41, 5.74) is 5.30. The molecule has 0 amide bonds. The monoisotopic (exact) mass is 543 g/mol. The van der Waals surface area contributed by atoms with Crippen molar-refractivity contribution in [1.29, 1.82) is 0 Å². The molecule has 0 spiro atoms. The van der Waals surface area contributed by atoms with Gasteiger partial charge in [-0.15, -0.1) is 16.4 Å². The van der Waals surface area contributed by atoms with E-state index >= 15 is 0 Å². The smallest absolute Gasteiger partial charge is 0.177 e. The van der Waals surface area contributed by atoms with Gasteiger partial charge < -0.3 is 4.90 Å². The molecular formula is C30H37N7OS. The topological polar surface area (TPSA) is 80.0 Å². The summed E-state index contributed by atoms with van der Waals surface area (Å²) in [7, 11) is 0. The molecule has 0 bridgehead atoms. The molecule has 0 aromatic carbocycles. The maximum atomic E-state index is 13.0. The lowest BCUT2D eigenvalue weighted by molar-refractivity contribution is 0.0996. The Labute approximate surface area is 234 Å². The van der Waals surface area contributed by atoms with E-state index in [1.807, 2.05) is 37.6 Å². The van der Waals surface area contributed by atoms with E-state index in [0.717, 1.165) is 64.9 Å². The minimum Gasteiger partial charge on any atom is -0.368 e. The van der Waals surface area contributed by atoms with Crippen molar-refractivity contribution in [3.8, 4) is 16.9 Å². The van der Waals surface area contributed by atoms with Gasteiger partial charge in [0.05, 0.1) is 34.3 Å². The summed E-state index contributed by atoms with van der Waals surface area (Å²) in [5.74, 6) is 0.100. The molecule has 5 rings (SSSR count). The van der Waals surface area contributed by atoms with E-state index in [2.05, 4.69) is 76.8 Å². The Balaban J connectivity index is 1.32. The Kier molecular flexibility index (Phi) is 7.64. The lowest BCUT2D eigenvalue weighted by Gasteiger charge is -2.38. The molecule has 1 saturated heterocycles. The van der Waals surface area contributed by atoms with Crippen molar-refractivity contribution in [2.24, 2.45) is 0 Å². The molecule has 1 aliphatic rings. The van der Waals surface area contributed by atoms with Crippen LogP contribution in [0.5, 0.6) is 0 Å². The number of thiophene rings is 1. The predicted molar refractivity (Wildman–Crippen MR) is 157 cm³/mol. The van der Waals surface area contributed by atoms with Crippen molar-refractivity contribution < 1.29 is 4.79 Å². The average molecular weight is 544 g/mol. The van der Waals surface area contributed by atoms with Crippen molar-refractivity contribution in [2.75, 3.05) is 31.1 Å². The van der Waals surface area contributed by atoms with Gasteiger partial charge in [-0.2, -0.15) is 0 Å². The SMILES string of the molecule is Cc1ncc(CC(=O)c2ccc(C(C)(C)C)s2)cc1-n1cc(-c2cncc(N3CCN(C(C)C)CC3)c2)nn1. The zero-order valence-corrected chi connectivity index (χ0v) is 24.5. The normalized spacial score (nSPS) is 14.8. The molecule has 9 heteroatoms. The summed E-state index contributed by atoms with van der Waals surface area (Å²) < 4.78 is 1.74. The van der Waals surface area contributed by atoms with Crippen LogP contribution < -0.4 is 4.90 Å². The van der Waals surface area contributed by atoms with Crippen LogP contribution in [-0.4, -0.2) is 67.9 Å². The second-order valence-corrected chi connectivity index (χ2v) is 12.6. The van der Waals surface area contributed by atoms with Gasteiger partial charge in [0, 0.05) is 61.5 Å². The maximum absolute atomic E-state index is 13.0. The van der Waals surface area contributed by atoms with Crippen LogP contribution in [-0.2, 0) is 11.8 Å². The van der Waals surface area contributed by atoms with Crippen molar-refractivity contribution in [1.82, 2.24) is 29.9 Å². The molecule has 8 nitrogen and oxygen atoms in total. The van der Waals surface area contributed by atoms with E-state index in [1.165, 1.54) is 4.88 Å². The Hall–Kier alpha value is -3.43. The molecule has 4 aromatic heterocycles.